The third kappa shape index (κ3) is 3.25. The summed E-state index contributed by atoms with van der Waals surface area (Å²) in [7, 11) is -3.53. The van der Waals surface area contributed by atoms with Gasteiger partial charge < -0.3 is 9.88 Å². The largest absolute Gasteiger partial charge is 0.356 e. The van der Waals surface area contributed by atoms with E-state index in [1.54, 1.807) is 28.0 Å². The monoisotopic (exact) mass is 397 g/mol. The lowest BCUT2D eigenvalue weighted by Crippen LogP contribution is -2.37. The van der Waals surface area contributed by atoms with Gasteiger partial charge in [0.15, 0.2) is 0 Å². The summed E-state index contributed by atoms with van der Waals surface area (Å²) in [6.45, 7) is 2.29. The van der Waals surface area contributed by atoms with Crippen molar-refractivity contribution in [3.63, 3.8) is 0 Å². The maximum Gasteiger partial charge on any atom is 0.270 e. The zero-order chi connectivity index (χ0) is 17.4. The zero-order valence-corrected chi connectivity index (χ0v) is 16.1. The standard InChI is InChI=1S/C16H19N3O3S3/c20-16(18-3-1-15-12(11-18)2-6-24-15)14-9-13(10-17-14)25(21,22)19-4-7-23-8-5-19/h2,6,9-10,17H,1,3-5,7-8,11H2. The van der Waals surface area contributed by atoms with Gasteiger partial charge in [-0.05, 0) is 29.5 Å². The number of carbonyl (C=O) groups excluding carboxylic acids is 1. The van der Waals surface area contributed by atoms with E-state index in [0.717, 1.165) is 17.9 Å². The van der Waals surface area contributed by atoms with Gasteiger partial charge in [0.25, 0.3) is 5.91 Å². The summed E-state index contributed by atoms with van der Waals surface area (Å²) < 4.78 is 26.9. The molecule has 1 amide bonds. The van der Waals surface area contributed by atoms with Crippen LogP contribution in [0.2, 0.25) is 0 Å². The number of aromatic amines is 1. The number of sulfonamides is 1. The van der Waals surface area contributed by atoms with Gasteiger partial charge in [-0.1, -0.05) is 0 Å². The Balaban J connectivity index is 1.52. The van der Waals surface area contributed by atoms with Crippen LogP contribution >= 0.6 is 23.1 Å². The summed E-state index contributed by atoms with van der Waals surface area (Å²) in [5.41, 5.74) is 1.53. The highest BCUT2D eigenvalue weighted by Gasteiger charge is 2.29. The second-order valence-corrected chi connectivity index (χ2v) is 10.3. The van der Waals surface area contributed by atoms with Crippen molar-refractivity contribution >= 4 is 39.0 Å². The van der Waals surface area contributed by atoms with E-state index in [-0.39, 0.29) is 10.8 Å². The topological polar surface area (TPSA) is 73.5 Å². The molecule has 6 nitrogen and oxygen atoms in total. The van der Waals surface area contributed by atoms with Gasteiger partial charge in [0, 0.05) is 48.8 Å². The molecule has 2 aromatic heterocycles. The van der Waals surface area contributed by atoms with Gasteiger partial charge in [0.2, 0.25) is 10.0 Å². The first-order valence-electron chi connectivity index (χ1n) is 8.16. The normalized spacial score (nSPS) is 19.0. The van der Waals surface area contributed by atoms with Crippen molar-refractivity contribution in [1.82, 2.24) is 14.2 Å². The van der Waals surface area contributed by atoms with Gasteiger partial charge in [-0.3, -0.25) is 4.79 Å². The predicted molar refractivity (Wildman–Crippen MR) is 99.6 cm³/mol. The lowest BCUT2D eigenvalue weighted by molar-refractivity contribution is 0.0730. The molecule has 0 radical (unpaired) electrons. The maximum atomic E-state index is 12.7. The van der Waals surface area contributed by atoms with Crippen LogP contribution in [0.4, 0.5) is 0 Å². The fraction of sp³-hybridized carbons (Fsp3) is 0.438. The van der Waals surface area contributed by atoms with Gasteiger partial charge in [-0.25, -0.2) is 8.42 Å². The number of H-pyrrole nitrogens is 1. The Bertz CT molecular complexity index is 881. The van der Waals surface area contributed by atoms with Gasteiger partial charge in [-0.15, -0.1) is 11.3 Å². The molecule has 4 rings (SSSR count). The van der Waals surface area contributed by atoms with Crippen LogP contribution in [-0.4, -0.2) is 59.7 Å². The number of hydrogen-bond acceptors (Lipinski definition) is 5. The van der Waals surface area contributed by atoms with Crippen LogP contribution in [0.5, 0.6) is 0 Å². The van der Waals surface area contributed by atoms with Crippen molar-refractivity contribution in [2.45, 2.75) is 17.9 Å². The number of hydrogen-bond donors (Lipinski definition) is 1. The molecule has 1 fully saturated rings. The Labute approximate surface area is 155 Å². The molecule has 0 saturated carbocycles. The smallest absolute Gasteiger partial charge is 0.270 e. The van der Waals surface area contributed by atoms with Crippen LogP contribution in [0.3, 0.4) is 0 Å². The number of rotatable bonds is 3. The number of carbonyl (C=O) groups is 1. The number of fused-ring (bicyclic) bond motifs is 1. The Kier molecular flexibility index (Phi) is 4.65. The highest BCUT2D eigenvalue weighted by Crippen LogP contribution is 2.26. The van der Waals surface area contributed by atoms with Gasteiger partial charge >= 0.3 is 0 Å². The summed E-state index contributed by atoms with van der Waals surface area (Å²) in [5, 5.41) is 2.05. The number of aromatic nitrogens is 1. The minimum atomic E-state index is -3.53. The second-order valence-electron chi connectivity index (χ2n) is 6.11. The SMILES string of the molecule is O=C(c1cc(S(=O)(=O)N2CCSCC2)c[nH]1)N1CCc2sccc2C1. The van der Waals surface area contributed by atoms with Gasteiger partial charge in [0.05, 0.1) is 0 Å². The number of nitrogens with one attached hydrogen (secondary N) is 1. The number of nitrogens with zero attached hydrogens (tertiary/aromatic N) is 2. The average Bonchev–Trinajstić information content (AvgIpc) is 3.31. The summed E-state index contributed by atoms with van der Waals surface area (Å²) >= 11 is 3.49. The van der Waals surface area contributed by atoms with Crippen molar-refractivity contribution in [1.29, 1.82) is 0 Å². The molecule has 0 aliphatic carbocycles. The quantitative estimate of drug-likeness (QED) is 0.860. The molecule has 2 aliphatic rings. The van der Waals surface area contributed by atoms with Crippen molar-refractivity contribution in [2.24, 2.45) is 0 Å². The number of thioether (sulfide) groups is 1. The summed E-state index contributed by atoms with van der Waals surface area (Å²) in [5.74, 6) is 1.48. The molecule has 0 aromatic carbocycles. The van der Waals surface area contributed by atoms with Crippen molar-refractivity contribution in [3.8, 4) is 0 Å². The van der Waals surface area contributed by atoms with Crippen LogP contribution < -0.4 is 0 Å². The van der Waals surface area contributed by atoms with Gasteiger partial charge in [-0.2, -0.15) is 16.1 Å². The lowest BCUT2D eigenvalue weighted by atomic mass is 10.1. The van der Waals surface area contributed by atoms with Crippen LogP contribution in [0, 0.1) is 0 Å². The van der Waals surface area contributed by atoms with Gasteiger partial charge in [0.1, 0.15) is 10.6 Å². The molecule has 25 heavy (non-hydrogen) atoms. The molecular weight excluding hydrogens is 378 g/mol. The number of thiophene rings is 1. The Morgan fingerprint density at radius 1 is 1.20 bits per heavy atom. The minimum Gasteiger partial charge on any atom is -0.356 e. The fourth-order valence-electron chi connectivity index (χ4n) is 3.18. The second kappa shape index (κ2) is 6.79. The maximum absolute atomic E-state index is 12.7. The third-order valence-corrected chi connectivity index (χ3v) is 8.43. The summed E-state index contributed by atoms with van der Waals surface area (Å²) in [6.07, 6.45) is 2.29. The molecule has 1 N–H and O–H groups in total. The molecule has 2 aliphatic heterocycles. The Morgan fingerprint density at radius 3 is 2.80 bits per heavy atom. The molecule has 0 unspecified atom stereocenters. The molecule has 0 atom stereocenters. The first-order chi connectivity index (χ1) is 12.1. The van der Waals surface area contributed by atoms with Crippen molar-refractivity contribution in [2.75, 3.05) is 31.1 Å². The Hall–Kier alpha value is -1.29. The Morgan fingerprint density at radius 2 is 2.00 bits per heavy atom. The lowest BCUT2D eigenvalue weighted by Gasteiger charge is -2.26. The van der Waals surface area contributed by atoms with E-state index in [4.69, 9.17) is 0 Å². The zero-order valence-electron chi connectivity index (χ0n) is 13.6. The fourth-order valence-corrected chi connectivity index (χ4v) is 6.64. The van der Waals surface area contributed by atoms with E-state index < -0.39 is 10.0 Å². The van der Waals surface area contributed by atoms with Crippen LogP contribution in [0.15, 0.2) is 28.6 Å². The van der Waals surface area contributed by atoms with Crippen molar-refractivity contribution < 1.29 is 13.2 Å². The predicted octanol–water partition coefficient (Wildman–Crippen LogP) is 2.01. The van der Waals surface area contributed by atoms with E-state index in [1.807, 2.05) is 0 Å². The molecule has 2 aromatic rings. The highest BCUT2D eigenvalue weighted by atomic mass is 32.2. The molecular formula is C16H19N3O3S3. The van der Waals surface area contributed by atoms with Crippen LogP contribution in [-0.2, 0) is 23.0 Å². The average molecular weight is 398 g/mol. The van der Waals surface area contributed by atoms with E-state index >= 15 is 0 Å². The minimum absolute atomic E-state index is 0.146. The highest BCUT2D eigenvalue weighted by molar-refractivity contribution is 7.99. The van der Waals surface area contributed by atoms with Crippen molar-refractivity contribution in [3.05, 3.63) is 39.8 Å². The molecule has 0 bridgehead atoms. The first-order valence-corrected chi connectivity index (χ1v) is 11.6. The first kappa shape index (κ1) is 17.1. The summed E-state index contributed by atoms with van der Waals surface area (Å²) in [4.78, 5) is 18.9. The van der Waals surface area contributed by atoms with Crippen LogP contribution in [0.1, 0.15) is 20.9 Å². The summed E-state index contributed by atoms with van der Waals surface area (Å²) in [6, 6.07) is 3.53. The molecule has 134 valence electrons. The molecule has 0 spiro atoms. The van der Waals surface area contributed by atoms with E-state index in [9.17, 15) is 13.2 Å². The van der Waals surface area contributed by atoms with E-state index in [0.29, 0.717) is 31.9 Å². The third-order valence-electron chi connectivity index (χ3n) is 4.59. The van der Waals surface area contributed by atoms with E-state index in [2.05, 4.69) is 16.4 Å². The molecule has 4 heterocycles. The molecule has 9 heteroatoms. The van der Waals surface area contributed by atoms with E-state index in [1.165, 1.54) is 27.0 Å². The van der Waals surface area contributed by atoms with Crippen LogP contribution in [0.25, 0.3) is 0 Å². The number of amides is 1. The molecule has 1 saturated heterocycles.